The summed E-state index contributed by atoms with van der Waals surface area (Å²) in [6.45, 7) is 0.300. The van der Waals surface area contributed by atoms with Gasteiger partial charge in [-0.25, -0.2) is 0 Å². The number of hydrogen-bond acceptors (Lipinski definition) is 7. The monoisotopic (exact) mass is 314 g/mol. The van der Waals surface area contributed by atoms with Crippen LogP contribution >= 0.6 is 11.3 Å². The van der Waals surface area contributed by atoms with Gasteiger partial charge in [-0.3, -0.25) is 9.59 Å². The zero-order valence-corrected chi connectivity index (χ0v) is 12.6. The molecule has 9 heteroatoms. The van der Waals surface area contributed by atoms with E-state index in [4.69, 9.17) is 11.5 Å². The minimum Gasteiger partial charge on any atom is -0.397 e. The number of nitrogens with two attached hydrogens (primary N) is 2. The van der Waals surface area contributed by atoms with E-state index >= 15 is 0 Å². The number of carbonyl (C=O) groups is 2. The van der Waals surface area contributed by atoms with Gasteiger partial charge in [-0.15, -0.1) is 11.3 Å². The molecule has 0 spiro atoms. The Labute approximate surface area is 125 Å². The van der Waals surface area contributed by atoms with Crippen LogP contribution in [0.1, 0.15) is 20.0 Å². The van der Waals surface area contributed by atoms with Gasteiger partial charge in [-0.2, -0.15) is 0 Å². The van der Waals surface area contributed by atoms with Gasteiger partial charge in [0.15, 0.2) is 0 Å². The molecule has 8 nitrogen and oxygen atoms in total. The molecule has 2 amide bonds. The van der Waals surface area contributed by atoms with Crippen LogP contribution in [0.5, 0.6) is 0 Å². The molecule has 0 aromatic carbocycles. The van der Waals surface area contributed by atoms with Crippen molar-refractivity contribution in [3.05, 3.63) is 10.4 Å². The summed E-state index contributed by atoms with van der Waals surface area (Å²) in [7, 11) is 3.16. The Morgan fingerprint density at radius 3 is 2.24 bits per heavy atom. The molecular formula is C12H18N4O4S. The number of aliphatic hydroxyl groups is 2. The van der Waals surface area contributed by atoms with Gasteiger partial charge in [0.1, 0.15) is 9.88 Å². The molecule has 2 heterocycles. The average molecular weight is 314 g/mol. The fraction of sp³-hybridized carbons (Fsp3) is 0.500. The van der Waals surface area contributed by atoms with Gasteiger partial charge in [-0.1, -0.05) is 0 Å². The van der Waals surface area contributed by atoms with Crippen LogP contribution in [0.4, 0.5) is 10.7 Å². The number of rotatable bonds is 3. The van der Waals surface area contributed by atoms with Gasteiger partial charge in [0.2, 0.25) is 0 Å². The lowest BCUT2D eigenvalue weighted by Gasteiger charge is -2.16. The molecule has 0 bridgehead atoms. The molecule has 116 valence electrons. The molecular weight excluding hydrogens is 296 g/mol. The normalized spacial score (nSPS) is 21.6. The van der Waals surface area contributed by atoms with E-state index in [-0.39, 0.29) is 35.1 Å². The lowest BCUT2D eigenvalue weighted by molar-refractivity contribution is 0.0572. The van der Waals surface area contributed by atoms with Crippen LogP contribution in [0.25, 0.3) is 0 Å². The zero-order chi connectivity index (χ0) is 15.9. The van der Waals surface area contributed by atoms with E-state index in [0.717, 1.165) is 11.3 Å². The molecule has 0 saturated carbocycles. The number of β-amino-alcohol motifs (C(OH)–C–C–N with tert-alkyl or cyclic N) is 2. The van der Waals surface area contributed by atoms with E-state index in [1.165, 1.54) is 4.90 Å². The zero-order valence-electron chi connectivity index (χ0n) is 11.7. The summed E-state index contributed by atoms with van der Waals surface area (Å²) in [5.41, 5.74) is 11.3. The van der Waals surface area contributed by atoms with Gasteiger partial charge >= 0.3 is 0 Å². The molecule has 21 heavy (non-hydrogen) atoms. The molecule has 2 rings (SSSR count). The van der Waals surface area contributed by atoms with Crippen molar-refractivity contribution in [1.29, 1.82) is 0 Å². The van der Waals surface area contributed by atoms with Crippen molar-refractivity contribution in [3.8, 4) is 0 Å². The van der Waals surface area contributed by atoms with Gasteiger partial charge in [-0.05, 0) is 0 Å². The van der Waals surface area contributed by atoms with E-state index in [1.807, 2.05) is 0 Å². The second-order valence-electron chi connectivity index (χ2n) is 5.13. The van der Waals surface area contributed by atoms with Crippen molar-refractivity contribution in [2.45, 2.75) is 12.2 Å². The lowest BCUT2D eigenvalue weighted by atomic mass is 10.2. The van der Waals surface area contributed by atoms with Gasteiger partial charge in [0.25, 0.3) is 11.8 Å². The van der Waals surface area contributed by atoms with Gasteiger partial charge in [0.05, 0.1) is 23.5 Å². The van der Waals surface area contributed by atoms with E-state index < -0.39 is 18.1 Å². The number of primary amides is 1. The summed E-state index contributed by atoms with van der Waals surface area (Å²) in [6, 6.07) is 0. The number of hydrogen-bond donors (Lipinski definition) is 4. The maximum absolute atomic E-state index is 12.1. The number of nitrogen functional groups attached to an aromatic ring is 1. The maximum Gasteiger partial charge on any atom is 0.265 e. The first-order valence-electron chi connectivity index (χ1n) is 6.28. The highest BCUT2D eigenvalue weighted by molar-refractivity contribution is 7.19. The molecule has 0 aliphatic carbocycles. The van der Waals surface area contributed by atoms with E-state index in [1.54, 1.807) is 19.0 Å². The summed E-state index contributed by atoms with van der Waals surface area (Å²) < 4.78 is 0. The predicted molar refractivity (Wildman–Crippen MR) is 79.5 cm³/mol. The van der Waals surface area contributed by atoms with Crippen molar-refractivity contribution in [3.63, 3.8) is 0 Å². The van der Waals surface area contributed by atoms with Crippen LogP contribution in [-0.2, 0) is 0 Å². The van der Waals surface area contributed by atoms with E-state index in [0.29, 0.717) is 5.00 Å². The van der Waals surface area contributed by atoms with Crippen molar-refractivity contribution in [2.75, 3.05) is 37.8 Å². The lowest BCUT2D eigenvalue weighted by Crippen LogP contribution is -2.24. The first-order valence-corrected chi connectivity index (χ1v) is 7.10. The van der Waals surface area contributed by atoms with Crippen LogP contribution < -0.4 is 16.4 Å². The van der Waals surface area contributed by atoms with E-state index in [2.05, 4.69) is 0 Å². The summed E-state index contributed by atoms with van der Waals surface area (Å²) in [6.07, 6.45) is -1.83. The first-order chi connectivity index (χ1) is 9.73. The predicted octanol–water partition coefficient (Wildman–Crippen LogP) is -1.33. The molecule has 1 fully saturated rings. The van der Waals surface area contributed by atoms with Crippen LogP contribution in [0, 0.1) is 0 Å². The summed E-state index contributed by atoms with van der Waals surface area (Å²) in [5, 5.41) is 19.6. The smallest absolute Gasteiger partial charge is 0.265 e. The Hall–Kier alpha value is -1.84. The minimum absolute atomic E-state index is 0.0390. The fourth-order valence-electron chi connectivity index (χ4n) is 2.19. The second kappa shape index (κ2) is 5.51. The minimum atomic E-state index is -0.915. The molecule has 0 radical (unpaired) electrons. The molecule has 1 aliphatic rings. The third kappa shape index (κ3) is 2.67. The summed E-state index contributed by atoms with van der Waals surface area (Å²) in [4.78, 5) is 26.9. The van der Waals surface area contributed by atoms with Crippen LogP contribution in [0.3, 0.4) is 0 Å². The Morgan fingerprint density at radius 2 is 1.81 bits per heavy atom. The highest BCUT2D eigenvalue weighted by atomic mass is 32.1. The van der Waals surface area contributed by atoms with Gasteiger partial charge in [0, 0.05) is 27.2 Å². The SMILES string of the molecule is CN(C)C(=O)c1sc(N2CC(O)C(O)C2)c(C(N)=O)c1N. The standard InChI is InChI=1S/C12H18N4O4S/c1-15(2)11(20)9-8(13)7(10(14)19)12(21-9)16-3-5(17)6(18)4-16/h5-6,17-18H,3-4,13H2,1-2H3,(H2,14,19). The third-order valence-electron chi connectivity index (χ3n) is 3.32. The number of anilines is 2. The number of thiophene rings is 1. The third-order valence-corrected chi connectivity index (χ3v) is 4.57. The Morgan fingerprint density at radius 1 is 1.29 bits per heavy atom. The maximum atomic E-state index is 12.1. The quantitative estimate of drug-likeness (QED) is 0.546. The van der Waals surface area contributed by atoms with Crippen LogP contribution in [-0.4, -0.2) is 66.3 Å². The molecule has 2 unspecified atom stereocenters. The summed E-state index contributed by atoms with van der Waals surface area (Å²) >= 11 is 1.04. The average Bonchev–Trinajstić information content (AvgIpc) is 2.89. The van der Waals surface area contributed by atoms with Crippen LogP contribution in [0.2, 0.25) is 0 Å². The largest absolute Gasteiger partial charge is 0.397 e. The van der Waals surface area contributed by atoms with Crippen molar-refractivity contribution >= 4 is 33.8 Å². The number of amides is 2. The molecule has 1 saturated heterocycles. The van der Waals surface area contributed by atoms with Crippen molar-refractivity contribution < 1.29 is 19.8 Å². The number of nitrogens with zero attached hydrogens (tertiary/aromatic N) is 2. The number of carbonyl (C=O) groups excluding carboxylic acids is 2. The van der Waals surface area contributed by atoms with Crippen molar-refractivity contribution in [2.24, 2.45) is 5.73 Å². The highest BCUT2D eigenvalue weighted by Gasteiger charge is 2.35. The Balaban J connectivity index is 2.48. The van der Waals surface area contributed by atoms with Crippen molar-refractivity contribution in [1.82, 2.24) is 4.90 Å². The van der Waals surface area contributed by atoms with Gasteiger partial charge < -0.3 is 31.5 Å². The van der Waals surface area contributed by atoms with Crippen LogP contribution in [0.15, 0.2) is 0 Å². The molecule has 6 N–H and O–H groups in total. The first kappa shape index (κ1) is 15.5. The topological polar surface area (TPSA) is 133 Å². The molecule has 1 aromatic rings. The molecule has 2 atom stereocenters. The second-order valence-corrected chi connectivity index (χ2v) is 6.13. The number of aliphatic hydroxyl groups excluding tert-OH is 2. The Kier molecular flexibility index (Phi) is 4.08. The highest BCUT2D eigenvalue weighted by Crippen LogP contribution is 2.39. The molecule has 1 aromatic heterocycles. The Bertz CT molecular complexity index is 576. The molecule has 1 aliphatic heterocycles. The fourth-order valence-corrected chi connectivity index (χ4v) is 3.46. The van der Waals surface area contributed by atoms with E-state index in [9.17, 15) is 19.8 Å². The summed E-state index contributed by atoms with van der Waals surface area (Å²) in [5.74, 6) is -1.07.